The number of hydrogen-bond acceptors (Lipinski definition) is 4. The first-order valence-electron chi connectivity index (χ1n) is 5.94. The van der Waals surface area contributed by atoms with Crippen LogP contribution in [0.5, 0.6) is 0 Å². The van der Waals surface area contributed by atoms with Crippen molar-refractivity contribution in [2.75, 3.05) is 0 Å². The lowest BCUT2D eigenvalue weighted by Gasteiger charge is -2.03. The summed E-state index contributed by atoms with van der Waals surface area (Å²) in [7, 11) is -1.86. The average Bonchev–Trinajstić information content (AvgIpc) is 2.93. The highest BCUT2D eigenvalue weighted by atomic mass is 32.2. The number of aromatic nitrogens is 4. The fourth-order valence-electron chi connectivity index (χ4n) is 1.76. The molecule has 104 valence electrons. The first kappa shape index (κ1) is 13.8. The first-order chi connectivity index (χ1) is 8.92. The predicted molar refractivity (Wildman–Crippen MR) is 69.9 cm³/mol. The topological polar surface area (TPSA) is 81.8 Å². The second kappa shape index (κ2) is 5.14. The van der Waals surface area contributed by atoms with Gasteiger partial charge in [-0.15, -0.1) is 0 Å². The van der Waals surface area contributed by atoms with Crippen LogP contribution in [0.1, 0.15) is 18.3 Å². The van der Waals surface area contributed by atoms with Gasteiger partial charge in [-0.05, 0) is 19.9 Å². The van der Waals surface area contributed by atoms with Gasteiger partial charge in [0.2, 0.25) is 10.0 Å². The maximum Gasteiger partial charge on any atom is 0.244 e. The zero-order valence-corrected chi connectivity index (χ0v) is 12.0. The Hall–Kier alpha value is -1.67. The summed E-state index contributed by atoms with van der Waals surface area (Å²) in [5, 5.41) is 8.25. The lowest BCUT2D eigenvalue weighted by Crippen LogP contribution is -2.23. The molecule has 0 saturated heterocycles. The molecule has 0 bridgehead atoms. The zero-order valence-electron chi connectivity index (χ0n) is 11.2. The number of nitrogens with one attached hydrogen (secondary N) is 1. The van der Waals surface area contributed by atoms with Crippen LogP contribution in [0.4, 0.5) is 0 Å². The molecule has 0 unspecified atom stereocenters. The Bertz CT molecular complexity index is 671. The number of sulfonamides is 1. The van der Waals surface area contributed by atoms with Crippen LogP contribution < -0.4 is 4.72 Å². The molecule has 0 aromatic carbocycles. The van der Waals surface area contributed by atoms with Crippen molar-refractivity contribution in [3.8, 4) is 0 Å². The van der Waals surface area contributed by atoms with Crippen molar-refractivity contribution >= 4 is 10.0 Å². The first-order valence-corrected chi connectivity index (χ1v) is 7.43. The molecule has 2 rings (SSSR count). The smallest absolute Gasteiger partial charge is 0.244 e. The molecule has 1 N–H and O–H groups in total. The minimum Gasteiger partial charge on any atom is -0.274 e. The summed E-state index contributed by atoms with van der Waals surface area (Å²) in [6.45, 7) is 4.57. The molecule has 2 aromatic rings. The van der Waals surface area contributed by atoms with Gasteiger partial charge in [0.1, 0.15) is 4.90 Å². The summed E-state index contributed by atoms with van der Waals surface area (Å²) in [4.78, 5) is 0.199. The van der Waals surface area contributed by atoms with E-state index in [0.29, 0.717) is 11.4 Å². The zero-order chi connectivity index (χ0) is 14.0. The van der Waals surface area contributed by atoms with E-state index in [0.717, 1.165) is 6.54 Å². The summed E-state index contributed by atoms with van der Waals surface area (Å²) in [5.41, 5.74) is 1.17. The van der Waals surface area contributed by atoms with Crippen molar-refractivity contribution in [2.45, 2.75) is 31.8 Å². The normalized spacial score (nSPS) is 11.9. The molecule has 0 aliphatic carbocycles. The lowest BCUT2D eigenvalue weighted by molar-refractivity contribution is 0.577. The molecule has 2 aromatic heterocycles. The van der Waals surface area contributed by atoms with E-state index in [1.54, 1.807) is 24.7 Å². The highest BCUT2D eigenvalue weighted by molar-refractivity contribution is 7.89. The van der Waals surface area contributed by atoms with Crippen molar-refractivity contribution in [1.29, 1.82) is 0 Å². The molecule has 0 amide bonds. The summed E-state index contributed by atoms with van der Waals surface area (Å²) in [6.07, 6.45) is 3.31. The molecule has 0 fully saturated rings. The van der Waals surface area contributed by atoms with Gasteiger partial charge >= 0.3 is 0 Å². The van der Waals surface area contributed by atoms with Crippen LogP contribution in [0.25, 0.3) is 0 Å². The van der Waals surface area contributed by atoms with Crippen LogP contribution in [0.2, 0.25) is 0 Å². The van der Waals surface area contributed by atoms with E-state index in [9.17, 15) is 8.42 Å². The van der Waals surface area contributed by atoms with Gasteiger partial charge < -0.3 is 0 Å². The largest absolute Gasteiger partial charge is 0.274 e. The van der Waals surface area contributed by atoms with Gasteiger partial charge in [0, 0.05) is 26.0 Å². The maximum atomic E-state index is 12.1. The summed E-state index contributed by atoms with van der Waals surface area (Å²) in [5.74, 6) is 0. The van der Waals surface area contributed by atoms with E-state index in [1.807, 2.05) is 13.1 Å². The molecule has 0 atom stereocenters. The second-order valence-electron chi connectivity index (χ2n) is 4.24. The van der Waals surface area contributed by atoms with Crippen molar-refractivity contribution < 1.29 is 8.42 Å². The van der Waals surface area contributed by atoms with Crippen LogP contribution in [0.15, 0.2) is 23.4 Å². The molecule has 0 radical (unpaired) electrons. The molecule has 7 nitrogen and oxygen atoms in total. The van der Waals surface area contributed by atoms with E-state index in [2.05, 4.69) is 14.9 Å². The van der Waals surface area contributed by atoms with Crippen molar-refractivity contribution in [1.82, 2.24) is 24.3 Å². The van der Waals surface area contributed by atoms with Crippen molar-refractivity contribution in [2.24, 2.45) is 7.05 Å². The van der Waals surface area contributed by atoms with Crippen LogP contribution in [-0.2, 0) is 30.2 Å². The van der Waals surface area contributed by atoms with Crippen LogP contribution >= 0.6 is 0 Å². The van der Waals surface area contributed by atoms with Gasteiger partial charge in [-0.25, -0.2) is 13.1 Å². The third-order valence-corrected chi connectivity index (χ3v) is 4.23. The van der Waals surface area contributed by atoms with E-state index in [-0.39, 0.29) is 11.4 Å². The molecule has 0 aliphatic heterocycles. The summed E-state index contributed by atoms with van der Waals surface area (Å²) in [6, 6.07) is 1.79. The predicted octanol–water partition coefficient (Wildman–Crippen LogP) is 0.423. The number of hydrogen-bond donors (Lipinski definition) is 1. The van der Waals surface area contributed by atoms with Gasteiger partial charge in [0.15, 0.2) is 0 Å². The Balaban J connectivity index is 2.11. The Morgan fingerprint density at radius 3 is 2.63 bits per heavy atom. The van der Waals surface area contributed by atoms with E-state index < -0.39 is 10.0 Å². The Morgan fingerprint density at radius 1 is 1.37 bits per heavy atom. The molecule has 8 heteroatoms. The molecule has 0 spiro atoms. The van der Waals surface area contributed by atoms with Crippen LogP contribution in [0.3, 0.4) is 0 Å². The highest BCUT2D eigenvalue weighted by Gasteiger charge is 2.19. The summed E-state index contributed by atoms with van der Waals surface area (Å²) < 4.78 is 30.0. The Morgan fingerprint density at radius 2 is 2.11 bits per heavy atom. The lowest BCUT2D eigenvalue weighted by atomic mass is 10.4. The van der Waals surface area contributed by atoms with Crippen LogP contribution in [-0.4, -0.2) is 28.0 Å². The van der Waals surface area contributed by atoms with E-state index >= 15 is 0 Å². The quantitative estimate of drug-likeness (QED) is 0.862. The third-order valence-electron chi connectivity index (χ3n) is 2.72. The van der Waals surface area contributed by atoms with Gasteiger partial charge in [0.25, 0.3) is 0 Å². The average molecular weight is 283 g/mol. The molecule has 0 saturated carbocycles. The van der Waals surface area contributed by atoms with E-state index in [4.69, 9.17) is 0 Å². The number of rotatable bonds is 5. The van der Waals surface area contributed by atoms with Crippen molar-refractivity contribution in [3.05, 3.63) is 29.8 Å². The number of nitrogens with zero attached hydrogens (tertiary/aromatic N) is 4. The van der Waals surface area contributed by atoms with Gasteiger partial charge in [0.05, 0.1) is 17.9 Å². The van der Waals surface area contributed by atoms with Gasteiger partial charge in [-0.1, -0.05) is 0 Å². The summed E-state index contributed by atoms with van der Waals surface area (Å²) >= 11 is 0. The molecule has 2 heterocycles. The maximum absolute atomic E-state index is 12.1. The molecular formula is C11H17N5O2S. The monoisotopic (exact) mass is 283 g/mol. The number of aryl methyl sites for hydroxylation is 3. The third kappa shape index (κ3) is 3.02. The highest BCUT2D eigenvalue weighted by Crippen LogP contribution is 2.12. The van der Waals surface area contributed by atoms with Gasteiger partial charge in [-0.3, -0.25) is 9.36 Å². The molecule has 0 aliphatic rings. The Labute approximate surface area is 112 Å². The standard InChI is InChI=1S/C11H17N5O2S/c1-4-16-6-5-10(14-16)7-12-19(17,18)11-8-15(3)13-9(11)2/h5-6,8,12H,4,7H2,1-3H3. The fourth-order valence-corrected chi connectivity index (χ4v) is 2.98. The van der Waals surface area contributed by atoms with Crippen LogP contribution in [0, 0.1) is 6.92 Å². The van der Waals surface area contributed by atoms with Gasteiger partial charge in [-0.2, -0.15) is 10.2 Å². The molecule has 19 heavy (non-hydrogen) atoms. The fraction of sp³-hybridized carbons (Fsp3) is 0.455. The molecular weight excluding hydrogens is 266 g/mol. The Kier molecular flexibility index (Phi) is 3.72. The SMILES string of the molecule is CCn1ccc(CNS(=O)(=O)c2cn(C)nc2C)n1. The minimum absolute atomic E-state index is 0.170. The minimum atomic E-state index is -3.55. The van der Waals surface area contributed by atoms with Crippen molar-refractivity contribution in [3.63, 3.8) is 0 Å². The van der Waals surface area contributed by atoms with E-state index in [1.165, 1.54) is 10.9 Å². The second-order valence-corrected chi connectivity index (χ2v) is 5.98.